The Balaban J connectivity index is 2.03. The molecule has 1 aromatic carbocycles. The highest BCUT2D eigenvalue weighted by atomic mass is 127. The van der Waals surface area contributed by atoms with Crippen molar-refractivity contribution in [1.29, 1.82) is 0 Å². The van der Waals surface area contributed by atoms with Gasteiger partial charge in [0.1, 0.15) is 5.75 Å². The van der Waals surface area contributed by atoms with Crippen LogP contribution in [0, 0.1) is 3.57 Å². The van der Waals surface area contributed by atoms with Crippen molar-refractivity contribution in [2.75, 3.05) is 39.3 Å². The molecule has 0 saturated carbocycles. The van der Waals surface area contributed by atoms with Crippen LogP contribution in [0.4, 0.5) is 0 Å². The van der Waals surface area contributed by atoms with E-state index in [1.807, 2.05) is 27.5 Å². The van der Waals surface area contributed by atoms with Gasteiger partial charge in [0, 0.05) is 31.7 Å². The molecule has 2 rings (SSSR count). The quantitative estimate of drug-likeness (QED) is 0.760. The third-order valence-electron chi connectivity index (χ3n) is 3.49. The second-order valence-electron chi connectivity index (χ2n) is 4.88. The maximum atomic E-state index is 12.4. The zero-order valence-electron chi connectivity index (χ0n) is 11.3. The highest BCUT2D eigenvalue weighted by molar-refractivity contribution is 14.1. The van der Waals surface area contributed by atoms with Crippen LogP contribution in [0.2, 0.25) is 0 Å². The van der Waals surface area contributed by atoms with Crippen LogP contribution in [-0.2, 0) is 0 Å². The van der Waals surface area contributed by atoms with Gasteiger partial charge in [0.25, 0.3) is 5.91 Å². The molecule has 1 aliphatic rings. The number of amides is 1. The number of nitrogens with zero attached hydrogens (tertiary/aromatic N) is 2. The largest absolute Gasteiger partial charge is 0.507 e. The Morgan fingerprint density at radius 1 is 1.25 bits per heavy atom. The van der Waals surface area contributed by atoms with E-state index in [-0.39, 0.29) is 18.3 Å². The number of aliphatic hydroxyl groups is 1. The van der Waals surface area contributed by atoms with E-state index in [9.17, 15) is 9.90 Å². The van der Waals surface area contributed by atoms with E-state index in [0.717, 1.165) is 23.1 Å². The molecule has 0 spiro atoms. The van der Waals surface area contributed by atoms with Gasteiger partial charge in [-0.3, -0.25) is 9.69 Å². The van der Waals surface area contributed by atoms with Crippen molar-refractivity contribution < 1.29 is 15.0 Å². The number of phenols is 1. The number of hydrogen-bond acceptors (Lipinski definition) is 4. The van der Waals surface area contributed by atoms with Gasteiger partial charge in [0.05, 0.1) is 10.2 Å². The second-order valence-corrected chi connectivity index (χ2v) is 6.04. The molecule has 0 aromatic heterocycles. The van der Waals surface area contributed by atoms with Crippen molar-refractivity contribution in [3.8, 4) is 5.75 Å². The van der Waals surface area contributed by atoms with E-state index >= 15 is 0 Å². The predicted octanol–water partition coefficient (Wildman–Crippen LogP) is 1.14. The number of benzene rings is 1. The lowest BCUT2D eigenvalue weighted by Crippen LogP contribution is -2.35. The minimum atomic E-state index is -0.0393. The van der Waals surface area contributed by atoms with Crippen LogP contribution >= 0.6 is 22.6 Å². The Kier molecular flexibility index (Phi) is 5.62. The number of carbonyl (C=O) groups excluding carboxylic acids is 1. The number of aliphatic hydroxyl groups excluding tert-OH is 1. The first-order chi connectivity index (χ1) is 9.61. The molecule has 0 bridgehead atoms. The number of halogens is 1. The molecule has 1 aliphatic heterocycles. The molecular weight excluding hydrogens is 371 g/mol. The Morgan fingerprint density at radius 3 is 2.75 bits per heavy atom. The molecule has 1 aromatic rings. The summed E-state index contributed by atoms with van der Waals surface area (Å²) in [5.74, 6) is 0.107. The maximum Gasteiger partial charge on any atom is 0.254 e. The third kappa shape index (κ3) is 3.83. The molecular formula is C14H19IN2O3. The maximum absolute atomic E-state index is 12.4. The summed E-state index contributed by atoms with van der Waals surface area (Å²) in [6.45, 7) is 3.87. The number of aromatic hydroxyl groups is 1. The molecule has 0 unspecified atom stereocenters. The van der Waals surface area contributed by atoms with Gasteiger partial charge in [-0.05, 0) is 53.8 Å². The monoisotopic (exact) mass is 390 g/mol. The lowest BCUT2D eigenvalue weighted by molar-refractivity contribution is 0.0760. The Morgan fingerprint density at radius 2 is 2.05 bits per heavy atom. The molecule has 0 aliphatic carbocycles. The first-order valence-electron chi connectivity index (χ1n) is 6.73. The van der Waals surface area contributed by atoms with Crippen molar-refractivity contribution >= 4 is 28.5 Å². The Labute approximate surface area is 132 Å². The average Bonchev–Trinajstić information content (AvgIpc) is 2.67. The lowest BCUT2D eigenvalue weighted by Gasteiger charge is -2.21. The minimum absolute atomic E-state index is 0.0393. The molecule has 110 valence electrons. The molecule has 0 radical (unpaired) electrons. The van der Waals surface area contributed by atoms with Crippen molar-refractivity contribution in [2.45, 2.75) is 6.42 Å². The normalized spacial score (nSPS) is 17.0. The fourth-order valence-electron chi connectivity index (χ4n) is 2.37. The van der Waals surface area contributed by atoms with Crippen molar-refractivity contribution in [3.63, 3.8) is 0 Å². The van der Waals surface area contributed by atoms with Crippen LogP contribution in [0.15, 0.2) is 18.2 Å². The number of phenolic OH excluding ortho intramolecular Hbond substituents is 1. The first-order valence-corrected chi connectivity index (χ1v) is 7.80. The lowest BCUT2D eigenvalue weighted by atomic mass is 10.2. The van der Waals surface area contributed by atoms with E-state index in [4.69, 9.17) is 5.11 Å². The predicted molar refractivity (Wildman–Crippen MR) is 84.9 cm³/mol. The van der Waals surface area contributed by atoms with E-state index in [0.29, 0.717) is 25.2 Å². The summed E-state index contributed by atoms with van der Waals surface area (Å²) in [5.41, 5.74) is 0.526. The summed E-state index contributed by atoms with van der Waals surface area (Å²) in [6, 6.07) is 5.03. The number of β-amino-alcohol motifs (C(OH)–C–C–N with tert-alkyl or cyclic N) is 1. The summed E-state index contributed by atoms with van der Waals surface area (Å²) in [5, 5.41) is 18.7. The number of carbonyl (C=O) groups is 1. The highest BCUT2D eigenvalue weighted by Crippen LogP contribution is 2.21. The standard InChI is InChI=1S/C14H19IN2O3/c15-12-3-2-11(10-13(12)19)14(20)17-5-1-4-16(6-7-17)8-9-18/h2-3,10,18-19H,1,4-9H2. The topological polar surface area (TPSA) is 64.0 Å². The van der Waals surface area contributed by atoms with Crippen LogP contribution < -0.4 is 0 Å². The van der Waals surface area contributed by atoms with Gasteiger partial charge in [0.2, 0.25) is 0 Å². The second kappa shape index (κ2) is 7.24. The fraction of sp³-hybridized carbons (Fsp3) is 0.500. The van der Waals surface area contributed by atoms with Crippen LogP contribution in [0.25, 0.3) is 0 Å². The molecule has 2 N–H and O–H groups in total. The van der Waals surface area contributed by atoms with Crippen molar-refractivity contribution in [2.24, 2.45) is 0 Å². The zero-order valence-corrected chi connectivity index (χ0v) is 13.4. The average molecular weight is 390 g/mol. The van der Waals surface area contributed by atoms with Crippen LogP contribution in [-0.4, -0.2) is 65.3 Å². The summed E-state index contributed by atoms with van der Waals surface area (Å²) in [7, 11) is 0. The van der Waals surface area contributed by atoms with E-state index in [1.165, 1.54) is 6.07 Å². The van der Waals surface area contributed by atoms with E-state index < -0.39 is 0 Å². The van der Waals surface area contributed by atoms with Crippen LogP contribution in [0.5, 0.6) is 5.75 Å². The van der Waals surface area contributed by atoms with Crippen molar-refractivity contribution in [3.05, 3.63) is 27.3 Å². The third-order valence-corrected chi connectivity index (χ3v) is 4.40. The zero-order chi connectivity index (χ0) is 14.5. The number of hydrogen-bond donors (Lipinski definition) is 2. The summed E-state index contributed by atoms with van der Waals surface area (Å²) < 4.78 is 0.740. The first kappa shape index (κ1) is 15.5. The smallest absolute Gasteiger partial charge is 0.254 e. The van der Waals surface area contributed by atoms with Gasteiger partial charge in [-0.2, -0.15) is 0 Å². The molecule has 6 heteroatoms. The van der Waals surface area contributed by atoms with Crippen LogP contribution in [0.1, 0.15) is 16.8 Å². The van der Waals surface area contributed by atoms with Crippen molar-refractivity contribution in [1.82, 2.24) is 9.80 Å². The Hall–Kier alpha value is -0.860. The van der Waals surface area contributed by atoms with Gasteiger partial charge >= 0.3 is 0 Å². The van der Waals surface area contributed by atoms with E-state index in [2.05, 4.69) is 4.90 Å². The SMILES string of the molecule is O=C(c1ccc(I)c(O)c1)N1CCCN(CCO)CC1. The molecule has 1 heterocycles. The summed E-state index contributed by atoms with van der Waals surface area (Å²) in [6.07, 6.45) is 0.905. The van der Waals surface area contributed by atoms with Gasteiger partial charge in [-0.25, -0.2) is 0 Å². The fourth-order valence-corrected chi connectivity index (χ4v) is 2.70. The van der Waals surface area contributed by atoms with Crippen LogP contribution in [0.3, 0.4) is 0 Å². The molecule has 0 atom stereocenters. The summed E-state index contributed by atoms with van der Waals surface area (Å²) in [4.78, 5) is 16.4. The molecule has 5 nitrogen and oxygen atoms in total. The molecule has 1 saturated heterocycles. The highest BCUT2D eigenvalue weighted by Gasteiger charge is 2.20. The van der Waals surface area contributed by atoms with E-state index in [1.54, 1.807) is 12.1 Å². The molecule has 1 amide bonds. The van der Waals surface area contributed by atoms with Gasteiger partial charge in [-0.1, -0.05) is 0 Å². The molecule has 1 fully saturated rings. The van der Waals surface area contributed by atoms with Gasteiger partial charge in [-0.15, -0.1) is 0 Å². The van der Waals surface area contributed by atoms with Gasteiger partial charge < -0.3 is 15.1 Å². The van der Waals surface area contributed by atoms with Gasteiger partial charge in [0.15, 0.2) is 0 Å². The Bertz CT molecular complexity index is 481. The minimum Gasteiger partial charge on any atom is -0.507 e. The number of rotatable bonds is 3. The summed E-state index contributed by atoms with van der Waals surface area (Å²) >= 11 is 2.03. The molecule has 20 heavy (non-hydrogen) atoms.